The molecule has 1 saturated heterocycles. The minimum absolute atomic E-state index is 0.295. The minimum Gasteiger partial charge on any atom is -0.394 e. The van der Waals surface area contributed by atoms with Crippen molar-refractivity contribution in [3.8, 4) is 0 Å². The first-order valence-corrected chi connectivity index (χ1v) is 6.61. The van der Waals surface area contributed by atoms with Gasteiger partial charge in [-0.3, -0.25) is 0 Å². The first kappa shape index (κ1) is 14.5. The number of azide groups is 1. The number of hydrogen-bond donors (Lipinski definition) is 3. The lowest BCUT2D eigenvalue weighted by molar-refractivity contribution is -0.0240. The molecule has 1 aliphatic heterocycles. The fraction of sp³-hybridized carbons (Fsp3) is 0.500. The van der Waals surface area contributed by atoms with Crippen molar-refractivity contribution >= 4 is 11.3 Å². The normalized spacial score (nSPS) is 31.3. The monoisotopic (exact) mass is 305 g/mol. The molecule has 0 bridgehead atoms. The fourth-order valence-corrected chi connectivity index (χ4v) is 2.81. The van der Waals surface area contributed by atoms with Crippen LogP contribution in [0.3, 0.4) is 0 Å². The Morgan fingerprint density at radius 1 is 1.59 bits per heavy atom. The minimum atomic E-state index is -1.28. The van der Waals surface area contributed by atoms with Gasteiger partial charge in [0.1, 0.15) is 29.6 Å². The number of nitrogen functional groups attached to an aromatic ring is 1. The second-order valence-electron chi connectivity index (χ2n) is 5.30. The molecular weight excluding hydrogens is 290 g/mol. The third-order valence-corrected chi connectivity index (χ3v) is 4.01. The Bertz CT molecular complexity index is 756. The number of hydrogen-bond acceptors (Lipinski definition) is 7. The summed E-state index contributed by atoms with van der Waals surface area (Å²) >= 11 is 0. The SMILES string of the molecule is C[C@@]1(N=[N+]=[N-])[C@H](O)[C@@H](CO)O[C@H]1c1ccc2c(N)ncnn12. The molecule has 3 heterocycles. The van der Waals surface area contributed by atoms with Crippen LogP contribution in [0.15, 0.2) is 23.6 Å². The maximum Gasteiger partial charge on any atom is 0.151 e. The van der Waals surface area contributed by atoms with Gasteiger partial charge in [0.2, 0.25) is 0 Å². The number of nitrogens with zero attached hydrogens (tertiary/aromatic N) is 6. The number of anilines is 1. The first-order chi connectivity index (χ1) is 10.5. The number of nitrogens with two attached hydrogens (primary N) is 1. The lowest BCUT2D eigenvalue weighted by Gasteiger charge is -2.26. The molecule has 1 aliphatic rings. The molecule has 116 valence electrons. The second-order valence-corrected chi connectivity index (χ2v) is 5.30. The summed E-state index contributed by atoms with van der Waals surface area (Å²) in [7, 11) is 0. The van der Waals surface area contributed by atoms with Crippen molar-refractivity contribution in [2.45, 2.75) is 30.8 Å². The molecule has 22 heavy (non-hydrogen) atoms. The van der Waals surface area contributed by atoms with Crippen LogP contribution in [0, 0.1) is 0 Å². The molecule has 0 spiro atoms. The highest BCUT2D eigenvalue weighted by Crippen LogP contribution is 2.44. The van der Waals surface area contributed by atoms with Crippen molar-refractivity contribution in [2.24, 2.45) is 5.11 Å². The van der Waals surface area contributed by atoms with Crippen LogP contribution < -0.4 is 5.73 Å². The molecule has 3 rings (SSSR count). The molecule has 1 fully saturated rings. The van der Waals surface area contributed by atoms with Crippen molar-refractivity contribution in [1.29, 1.82) is 0 Å². The molecule has 4 atom stereocenters. The summed E-state index contributed by atoms with van der Waals surface area (Å²) in [6.07, 6.45) is -1.49. The van der Waals surface area contributed by atoms with Crippen LogP contribution in [-0.4, -0.2) is 49.2 Å². The average Bonchev–Trinajstić information content (AvgIpc) is 3.02. The number of ether oxygens (including phenoxy) is 1. The molecular formula is C12H15N7O3. The summed E-state index contributed by atoms with van der Waals surface area (Å²) < 4.78 is 7.21. The summed E-state index contributed by atoms with van der Waals surface area (Å²) in [4.78, 5) is 6.70. The van der Waals surface area contributed by atoms with Gasteiger partial charge in [0.25, 0.3) is 0 Å². The average molecular weight is 305 g/mol. The molecule has 10 nitrogen and oxygen atoms in total. The van der Waals surface area contributed by atoms with E-state index in [1.807, 2.05) is 0 Å². The van der Waals surface area contributed by atoms with Gasteiger partial charge in [-0.05, 0) is 24.6 Å². The van der Waals surface area contributed by atoms with Crippen molar-refractivity contribution in [3.63, 3.8) is 0 Å². The zero-order chi connectivity index (χ0) is 15.9. The first-order valence-electron chi connectivity index (χ1n) is 6.61. The van der Waals surface area contributed by atoms with Crippen LogP contribution in [0.5, 0.6) is 0 Å². The van der Waals surface area contributed by atoms with E-state index in [0.29, 0.717) is 17.0 Å². The summed E-state index contributed by atoms with van der Waals surface area (Å²) in [5, 5.41) is 27.5. The van der Waals surface area contributed by atoms with Gasteiger partial charge in [0.15, 0.2) is 5.82 Å². The van der Waals surface area contributed by atoms with E-state index in [4.69, 9.17) is 16.0 Å². The maximum atomic E-state index is 10.3. The van der Waals surface area contributed by atoms with Crippen molar-refractivity contribution in [1.82, 2.24) is 14.6 Å². The van der Waals surface area contributed by atoms with Crippen LogP contribution in [0.2, 0.25) is 0 Å². The molecule has 0 aromatic carbocycles. The van der Waals surface area contributed by atoms with Crippen molar-refractivity contribution in [2.75, 3.05) is 12.3 Å². The van der Waals surface area contributed by atoms with Crippen LogP contribution in [0.4, 0.5) is 5.82 Å². The lowest BCUT2D eigenvalue weighted by atomic mass is 9.88. The summed E-state index contributed by atoms with van der Waals surface area (Å²) in [5.74, 6) is 0.295. The van der Waals surface area contributed by atoms with E-state index in [0.717, 1.165) is 0 Å². The Labute approximate surface area is 124 Å². The van der Waals surface area contributed by atoms with Crippen LogP contribution >= 0.6 is 0 Å². The second kappa shape index (κ2) is 5.11. The molecule has 0 amide bonds. The molecule has 0 radical (unpaired) electrons. The molecule has 0 unspecified atom stereocenters. The van der Waals surface area contributed by atoms with Gasteiger partial charge < -0.3 is 20.7 Å². The van der Waals surface area contributed by atoms with Gasteiger partial charge in [0, 0.05) is 4.91 Å². The highest BCUT2D eigenvalue weighted by molar-refractivity contribution is 5.65. The molecule has 2 aromatic heterocycles. The summed E-state index contributed by atoms with van der Waals surface area (Å²) in [6, 6.07) is 3.42. The number of fused-ring (bicyclic) bond motifs is 1. The Hall–Kier alpha value is -2.39. The third kappa shape index (κ3) is 1.90. The number of aliphatic hydroxyl groups is 2. The van der Waals surface area contributed by atoms with Crippen LogP contribution in [-0.2, 0) is 4.74 Å². The van der Waals surface area contributed by atoms with Gasteiger partial charge in [-0.2, -0.15) is 5.10 Å². The molecule has 4 N–H and O–H groups in total. The Balaban J connectivity index is 2.16. The highest BCUT2D eigenvalue weighted by Gasteiger charge is 2.54. The van der Waals surface area contributed by atoms with E-state index in [-0.39, 0.29) is 0 Å². The highest BCUT2D eigenvalue weighted by atomic mass is 16.5. The molecule has 2 aromatic rings. The zero-order valence-electron chi connectivity index (χ0n) is 11.7. The van der Waals surface area contributed by atoms with E-state index in [2.05, 4.69) is 20.1 Å². The van der Waals surface area contributed by atoms with Gasteiger partial charge in [0.05, 0.1) is 18.4 Å². The number of rotatable bonds is 3. The summed E-state index contributed by atoms with van der Waals surface area (Å²) in [6.45, 7) is 1.18. The largest absolute Gasteiger partial charge is 0.394 e. The topological polar surface area (TPSA) is 155 Å². The third-order valence-electron chi connectivity index (χ3n) is 4.01. The van der Waals surface area contributed by atoms with Gasteiger partial charge in [-0.15, -0.1) is 0 Å². The Morgan fingerprint density at radius 3 is 3.05 bits per heavy atom. The van der Waals surface area contributed by atoms with Crippen LogP contribution in [0.25, 0.3) is 16.0 Å². The fourth-order valence-electron chi connectivity index (χ4n) is 2.81. The van der Waals surface area contributed by atoms with Crippen LogP contribution in [0.1, 0.15) is 18.7 Å². The Morgan fingerprint density at radius 2 is 2.36 bits per heavy atom. The van der Waals surface area contributed by atoms with E-state index < -0.39 is 30.5 Å². The maximum absolute atomic E-state index is 10.3. The predicted octanol–water partition coefficient (Wildman–Crippen LogP) is 0.174. The van der Waals surface area contributed by atoms with E-state index in [1.165, 1.54) is 10.8 Å². The van der Waals surface area contributed by atoms with Crippen molar-refractivity contribution < 1.29 is 14.9 Å². The standard InChI is InChI=1S/C12H15N7O3/c1-12(17-18-14)9(21)8(4-20)22-10(12)6-2-3-7-11(13)15-5-16-19(6)7/h2-3,5,8-10,20-21H,4H2,1H3,(H2,13,15,16)/t8-,9-,10+,12-/m1/s1. The molecule has 0 saturated carbocycles. The van der Waals surface area contributed by atoms with E-state index in [1.54, 1.807) is 19.1 Å². The van der Waals surface area contributed by atoms with Gasteiger partial charge in [-0.1, -0.05) is 5.11 Å². The number of aromatic nitrogens is 3. The Kier molecular flexibility index (Phi) is 3.38. The smallest absolute Gasteiger partial charge is 0.151 e. The number of aliphatic hydroxyl groups excluding tert-OH is 2. The predicted molar refractivity (Wildman–Crippen MR) is 75.7 cm³/mol. The van der Waals surface area contributed by atoms with Gasteiger partial charge in [-0.25, -0.2) is 9.50 Å². The zero-order valence-corrected chi connectivity index (χ0v) is 11.7. The lowest BCUT2D eigenvalue weighted by Crippen LogP contribution is -2.41. The van der Waals surface area contributed by atoms with Gasteiger partial charge >= 0.3 is 0 Å². The quantitative estimate of drug-likeness (QED) is 0.417. The molecule has 0 aliphatic carbocycles. The van der Waals surface area contributed by atoms with E-state index in [9.17, 15) is 10.2 Å². The van der Waals surface area contributed by atoms with E-state index >= 15 is 0 Å². The van der Waals surface area contributed by atoms with Crippen molar-refractivity contribution in [3.05, 3.63) is 34.6 Å². The summed E-state index contributed by atoms with van der Waals surface area (Å²) in [5.41, 5.74) is 14.5. The molecule has 10 heteroatoms.